The number of thiophene rings is 1. The van der Waals surface area contributed by atoms with Crippen molar-refractivity contribution in [1.82, 2.24) is 0 Å². The topological polar surface area (TPSA) is 3.24 Å². The highest BCUT2D eigenvalue weighted by molar-refractivity contribution is 7.26. The normalized spacial score (nSPS) is 11.5. The van der Waals surface area contributed by atoms with Crippen LogP contribution in [0.25, 0.3) is 75.1 Å². The molecule has 10 aromatic rings. The van der Waals surface area contributed by atoms with E-state index < -0.39 is 0 Å². The van der Waals surface area contributed by atoms with Gasteiger partial charge in [0, 0.05) is 37.2 Å². The maximum atomic E-state index is 2.39. The van der Waals surface area contributed by atoms with Crippen LogP contribution in [0.3, 0.4) is 0 Å². The third-order valence-corrected chi connectivity index (χ3v) is 11.5. The zero-order valence-corrected chi connectivity index (χ0v) is 29.2. The van der Waals surface area contributed by atoms with E-state index in [0.29, 0.717) is 0 Å². The fourth-order valence-electron chi connectivity index (χ4n) is 7.74. The zero-order valence-electron chi connectivity index (χ0n) is 28.4. The average molecular weight is 680 g/mol. The Kier molecular flexibility index (Phi) is 7.41. The Bertz CT molecular complexity index is 2870. The number of benzene rings is 9. The fraction of sp³-hybridized carbons (Fsp3) is 0. The smallest absolute Gasteiger partial charge is 0.0468 e. The van der Waals surface area contributed by atoms with Crippen LogP contribution in [0.4, 0.5) is 17.1 Å². The van der Waals surface area contributed by atoms with Crippen LogP contribution in [0.5, 0.6) is 0 Å². The Hall–Kier alpha value is -6.48. The summed E-state index contributed by atoms with van der Waals surface area (Å²) in [5.74, 6) is 0. The molecule has 10 rings (SSSR count). The molecule has 2 heteroatoms. The van der Waals surface area contributed by atoms with Crippen molar-refractivity contribution in [2.24, 2.45) is 0 Å². The molecule has 0 radical (unpaired) electrons. The minimum atomic E-state index is 1.11. The molecule has 0 amide bonds. The molecule has 0 aliphatic carbocycles. The lowest BCUT2D eigenvalue weighted by Crippen LogP contribution is -2.09. The van der Waals surface area contributed by atoms with Crippen molar-refractivity contribution in [3.63, 3.8) is 0 Å². The second kappa shape index (κ2) is 12.7. The molecule has 0 saturated carbocycles. The van der Waals surface area contributed by atoms with Gasteiger partial charge in [0.1, 0.15) is 0 Å². The van der Waals surface area contributed by atoms with E-state index in [0.717, 1.165) is 17.1 Å². The van der Waals surface area contributed by atoms with Gasteiger partial charge in [-0.15, -0.1) is 11.3 Å². The average Bonchev–Trinajstić information content (AvgIpc) is 3.60. The molecule has 0 unspecified atom stereocenters. The number of anilines is 3. The summed E-state index contributed by atoms with van der Waals surface area (Å²) >= 11 is 1.88. The Labute approximate surface area is 307 Å². The molecule has 52 heavy (non-hydrogen) atoms. The van der Waals surface area contributed by atoms with E-state index >= 15 is 0 Å². The third kappa shape index (κ3) is 5.24. The van der Waals surface area contributed by atoms with Crippen LogP contribution < -0.4 is 4.90 Å². The largest absolute Gasteiger partial charge is 0.310 e. The molecule has 0 aliphatic heterocycles. The van der Waals surface area contributed by atoms with Gasteiger partial charge in [-0.3, -0.25) is 0 Å². The minimum Gasteiger partial charge on any atom is -0.310 e. The van der Waals surface area contributed by atoms with Gasteiger partial charge in [-0.25, -0.2) is 0 Å². The van der Waals surface area contributed by atoms with Crippen LogP contribution >= 0.6 is 11.3 Å². The molecule has 1 aromatic heterocycles. The standard InChI is InChI=1S/C50H33NS/c1-3-11-34(12-4-1)35-21-26-40(27-22-35)51(42-30-32-48-47(33-42)46-31-25-37-15-7-8-18-45(37)50(46)52-48)41-28-23-38(24-29-41)44-20-10-17-39-16-9-19-43(49(39)44)36-13-5-2-6-14-36/h1-33H. The second-order valence-corrected chi connectivity index (χ2v) is 14.4. The van der Waals surface area contributed by atoms with Gasteiger partial charge in [0.15, 0.2) is 0 Å². The van der Waals surface area contributed by atoms with Gasteiger partial charge >= 0.3 is 0 Å². The van der Waals surface area contributed by atoms with Gasteiger partial charge in [0.2, 0.25) is 0 Å². The first-order chi connectivity index (χ1) is 25.8. The SMILES string of the molecule is c1ccc(-c2ccc(N(c3ccc(-c4cccc5cccc(-c6ccccc6)c45)cc3)c3ccc4sc5c6ccccc6ccc5c4c3)cc2)cc1. The highest BCUT2D eigenvalue weighted by Crippen LogP contribution is 2.44. The van der Waals surface area contributed by atoms with Crippen LogP contribution in [0.2, 0.25) is 0 Å². The lowest BCUT2D eigenvalue weighted by Gasteiger charge is -2.26. The molecule has 1 heterocycles. The molecule has 0 aliphatic rings. The van der Waals surface area contributed by atoms with E-state index in [1.54, 1.807) is 0 Å². The molecule has 0 bridgehead atoms. The van der Waals surface area contributed by atoms with E-state index in [1.807, 2.05) is 11.3 Å². The molecule has 1 nitrogen and oxygen atoms in total. The molecular formula is C50H33NS. The molecule has 0 spiro atoms. The van der Waals surface area contributed by atoms with E-state index in [2.05, 4.69) is 205 Å². The highest BCUT2D eigenvalue weighted by Gasteiger charge is 2.17. The molecular weight excluding hydrogens is 647 g/mol. The van der Waals surface area contributed by atoms with Crippen LogP contribution in [-0.4, -0.2) is 0 Å². The first-order valence-corrected chi connectivity index (χ1v) is 18.6. The summed E-state index contributed by atoms with van der Waals surface area (Å²) < 4.78 is 2.65. The number of nitrogens with zero attached hydrogens (tertiary/aromatic N) is 1. The molecule has 0 N–H and O–H groups in total. The lowest BCUT2D eigenvalue weighted by atomic mass is 9.91. The number of fused-ring (bicyclic) bond motifs is 6. The monoisotopic (exact) mass is 679 g/mol. The lowest BCUT2D eigenvalue weighted by molar-refractivity contribution is 1.29. The van der Waals surface area contributed by atoms with Gasteiger partial charge in [-0.05, 0) is 97.4 Å². The predicted octanol–water partition coefficient (Wildman–Crippen LogP) is 14.8. The van der Waals surface area contributed by atoms with Crippen molar-refractivity contribution in [2.45, 2.75) is 0 Å². The van der Waals surface area contributed by atoms with Crippen molar-refractivity contribution >= 4 is 70.1 Å². The molecule has 244 valence electrons. The molecule has 9 aromatic carbocycles. The summed E-state index contributed by atoms with van der Waals surface area (Å²) in [5.41, 5.74) is 10.7. The number of hydrogen-bond donors (Lipinski definition) is 0. The Morgan fingerprint density at radius 2 is 0.865 bits per heavy atom. The first-order valence-electron chi connectivity index (χ1n) is 17.8. The van der Waals surface area contributed by atoms with Crippen LogP contribution in [0.15, 0.2) is 200 Å². The first kappa shape index (κ1) is 30.4. The van der Waals surface area contributed by atoms with Crippen molar-refractivity contribution in [2.75, 3.05) is 4.90 Å². The quantitative estimate of drug-likeness (QED) is 0.169. The predicted molar refractivity (Wildman–Crippen MR) is 225 cm³/mol. The molecule has 0 saturated heterocycles. The minimum absolute atomic E-state index is 1.11. The summed E-state index contributed by atoms with van der Waals surface area (Å²) in [6.45, 7) is 0. The van der Waals surface area contributed by atoms with E-state index in [1.165, 1.54) is 75.1 Å². The van der Waals surface area contributed by atoms with Gasteiger partial charge < -0.3 is 4.90 Å². The van der Waals surface area contributed by atoms with E-state index in [9.17, 15) is 0 Å². The number of rotatable bonds is 6. The van der Waals surface area contributed by atoms with Crippen LogP contribution in [-0.2, 0) is 0 Å². The fourth-order valence-corrected chi connectivity index (χ4v) is 8.96. The zero-order chi connectivity index (χ0) is 34.4. The Morgan fingerprint density at radius 1 is 0.327 bits per heavy atom. The van der Waals surface area contributed by atoms with Gasteiger partial charge in [-0.2, -0.15) is 0 Å². The second-order valence-electron chi connectivity index (χ2n) is 13.3. The molecule has 0 fully saturated rings. The summed E-state index contributed by atoms with van der Waals surface area (Å²) in [6.07, 6.45) is 0. The Balaban J connectivity index is 1.11. The highest BCUT2D eigenvalue weighted by atomic mass is 32.1. The summed E-state index contributed by atoms with van der Waals surface area (Å²) in [5, 5.41) is 7.71. The van der Waals surface area contributed by atoms with Crippen molar-refractivity contribution in [3.8, 4) is 33.4 Å². The van der Waals surface area contributed by atoms with E-state index in [-0.39, 0.29) is 0 Å². The number of hydrogen-bond acceptors (Lipinski definition) is 2. The van der Waals surface area contributed by atoms with Crippen molar-refractivity contribution in [3.05, 3.63) is 200 Å². The van der Waals surface area contributed by atoms with Gasteiger partial charge in [0.25, 0.3) is 0 Å². The Morgan fingerprint density at radius 3 is 1.56 bits per heavy atom. The molecule has 0 atom stereocenters. The maximum absolute atomic E-state index is 2.39. The van der Waals surface area contributed by atoms with Crippen molar-refractivity contribution in [1.29, 1.82) is 0 Å². The van der Waals surface area contributed by atoms with Crippen LogP contribution in [0.1, 0.15) is 0 Å². The van der Waals surface area contributed by atoms with Crippen molar-refractivity contribution < 1.29 is 0 Å². The maximum Gasteiger partial charge on any atom is 0.0468 e. The van der Waals surface area contributed by atoms with Gasteiger partial charge in [-0.1, -0.05) is 158 Å². The van der Waals surface area contributed by atoms with Crippen LogP contribution in [0, 0.1) is 0 Å². The van der Waals surface area contributed by atoms with Gasteiger partial charge in [0.05, 0.1) is 0 Å². The summed E-state index contributed by atoms with van der Waals surface area (Å²) in [7, 11) is 0. The summed E-state index contributed by atoms with van der Waals surface area (Å²) in [4.78, 5) is 2.39. The van der Waals surface area contributed by atoms with E-state index in [4.69, 9.17) is 0 Å². The third-order valence-electron chi connectivity index (χ3n) is 10.3. The summed E-state index contributed by atoms with van der Waals surface area (Å²) in [6, 6.07) is 72.8.